The van der Waals surface area contributed by atoms with Crippen LogP contribution in [0, 0.1) is 0 Å². The van der Waals surface area contributed by atoms with Gasteiger partial charge in [-0.05, 0) is 60.0 Å². The number of carbonyl (C=O) groups excluding carboxylic acids is 2. The van der Waals surface area contributed by atoms with Crippen LogP contribution in [-0.4, -0.2) is 33.5 Å². The molecule has 0 saturated carbocycles. The maximum Gasteiger partial charge on any atom is 0.253 e. The van der Waals surface area contributed by atoms with Gasteiger partial charge in [0.25, 0.3) is 11.8 Å². The van der Waals surface area contributed by atoms with Crippen LogP contribution in [0.3, 0.4) is 0 Å². The van der Waals surface area contributed by atoms with Crippen molar-refractivity contribution in [2.45, 2.75) is 36.5 Å². The average Bonchev–Trinajstić information content (AvgIpc) is 2.66. The number of piperazine rings is 1. The summed E-state index contributed by atoms with van der Waals surface area (Å²) in [6.45, 7) is 4.38. The van der Waals surface area contributed by atoms with Crippen LogP contribution in [0.15, 0.2) is 58.3 Å². The Balaban J connectivity index is 1.69. The Hall–Kier alpha value is -1.92. The smallest absolute Gasteiger partial charge is 0.253 e. The lowest BCUT2D eigenvalue weighted by Crippen LogP contribution is -2.48. The van der Waals surface area contributed by atoms with Crippen LogP contribution in [0.5, 0.6) is 0 Å². The Bertz CT molecular complexity index is 742. The highest BCUT2D eigenvalue weighted by molar-refractivity contribution is 7.98. The van der Waals surface area contributed by atoms with Crippen molar-refractivity contribution >= 4 is 35.7 Å². The highest BCUT2D eigenvalue weighted by atomic mass is 32.2. The van der Waals surface area contributed by atoms with Crippen molar-refractivity contribution < 1.29 is 9.59 Å². The first-order chi connectivity index (χ1) is 12.6. The molecule has 1 heterocycles. The zero-order valence-electron chi connectivity index (χ0n) is 15.0. The van der Waals surface area contributed by atoms with Crippen LogP contribution in [-0.2, 0) is 22.4 Å². The molecule has 4 nitrogen and oxygen atoms in total. The SMILES string of the molecule is CCc1ccccc1SN1CC(=O)N(Sc2ccccc2CC)CC1=O. The van der Waals surface area contributed by atoms with E-state index < -0.39 is 0 Å². The molecule has 0 unspecified atom stereocenters. The van der Waals surface area contributed by atoms with E-state index in [4.69, 9.17) is 0 Å². The van der Waals surface area contributed by atoms with Crippen molar-refractivity contribution in [3.8, 4) is 0 Å². The zero-order chi connectivity index (χ0) is 18.5. The maximum atomic E-state index is 12.6. The van der Waals surface area contributed by atoms with Crippen LogP contribution in [0.4, 0.5) is 0 Å². The van der Waals surface area contributed by atoms with Crippen molar-refractivity contribution in [1.82, 2.24) is 8.61 Å². The Morgan fingerprint density at radius 3 is 1.50 bits per heavy atom. The molecule has 2 amide bonds. The molecule has 0 atom stereocenters. The van der Waals surface area contributed by atoms with Gasteiger partial charge in [0, 0.05) is 9.79 Å². The molecule has 0 bridgehead atoms. The summed E-state index contributed by atoms with van der Waals surface area (Å²) in [5, 5.41) is 0. The monoisotopic (exact) mass is 386 g/mol. The Morgan fingerprint density at radius 1 is 0.731 bits per heavy atom. The van der Waals surface area contributed by atoms with Gasteiger partial charge in [0.1, 0.15) is 13.1 Å². The van der Waals surface area contributed by atoms with E-state index in [1.165, 1.54) is 35.0 Å². The largest absolute Gasteiger partial charge is 0.272 e. The normalized spacial score (nSPS) is 14.8. The number of hydrogen-bond acceptors (Lipinski definition) is 4. The minimum atomic E-state index is -0.0398. The molecule has 1 aliphatic rings. The average molecular weight is 387 g/mol. The number of carbonyl (C=O) groups is 2. The number of amides is 2. The van der Waals surface area contributed by atoms with Crippen LogP contribution in [0.1, 0.15) is 25.0 Å². The van der Waals surface area contributed by atoms with Gasteiger partial charge in [-0.2, -0.15) is 0 Å². The second kappa shape index (κ2) is 8.64. The van der Waals surface area contributed by atoms with Crippen LogP contribution >= 0.6 is 23.9 Å². The second-order valence-electron chi connectivity index (χ2n) is 5.97. The van der Waals surface area contributed by atoms with Gasteiger partial charge in [0.15, 0.2) is 0 Å². The summed E-state index contributed by atoms with van der Waals surface area (Å²) < 4.78 is 3.17. The van der Waals surface area contributed by atoms with Gasteiger partial charge in [-0.25, -0.2) is 0 Å². The molecule has 136 valence electrons. The lowest BCUT2D eigenvalue weighted by atomic mass is 10.2. The molecular formula is C20H22N2O2S2. The van der Waals surface area contributed by atoms with Gasteiger partial charge in [0.2, 0.25) is 0 Å². The molecule has 0 aromatic heterocycles. The Kier molecular flexibility index (Phi) is 6.27. The third kappa shape index (κ3) is 4.24. The first-order valence-corrected chi connectivity index (χ1v) is 10.3. The molecule has 26 heavy (non-hydrogen) atoms. The van der Waals surface area contributed by atoms with Crippen LogP contribution < -0.4 is 0 Å². The fourth-order valence-corrected chi connectivity index (χ4v) is 4.84. The van der Waals surface area contributed by atoms with Gasteiger partial charge in [-0.3, -0.25) is 18.2 Å². The summed E-state index contributed by atoms with van der Waals surface area (Å²) in [5.74, 6) is -0.0797. The molecule has 1 fully saturated rings. The van der Waals surface area contributed by atoms with E-state index in [0.29, 0.717) is 0 Å². The predicted octanol–water partition coefficient (Wildman–Crippen LogP) is 4.20. The first-order valence-electron chi connectivity index (χ1n) is 8.74. The van der Waals surface area contributed by atoms with Crippen molar-refractivity contribution in [3.05, 3.63) is 59.7 Å². The van der Waals surface area contributed by atoms with E-state index in [1.54, 1.807) is 8.61 Å². The summed E-state index contributed by atoms with van der Waals surface area (Å²) >= 11 is 2.74. The van der Waals surface area contributed by atoms with Crippen molar-refractivity contribution in [2.75, 3.05) is 13.1 Å². The summed E-state index contributed by atoms with van der Waals surface area (Å²) in [6, 6.07) is 16.0. The van der Waals surface area contributed by atoms with E-state index in [-0.39, 0.29) is 24.9 Å². The van der Waals surface area contributed by atoms with Gasteiger partial charge in [-0.1, -0.05) is 50.2 Å². The lowest BCUT2D eigenvalue weighted by molar-refractivity contribution is -0.140. The molecule has 1 saturated heterocycles. The molecule has 2 aromatic carbocycles. The fraction of sp³-hybridized carbons (Fsp3) is 0.300. The number of nitrogens with zero attached hydrogens (tertiary/aromatic N) is 2. The van der Waals surface area contributed by atoms with Gasteiger partial charge < -0.3 is 0 Å². The Labute approximate surface area is 163 Å². The first kappa shape index (κ1) is 18.9. The summed E-state index contributed by atoms with van der Waals surface area (Å²) in [5.41, 5.74) is 2.37. The quantitative estimate of drug-likeness (QED) is 0.698. The molecule has 2 aromatic rings. The molecule has 1 aliphatic heterocycles. The third-order valence-electron chi connectivity index (χ3n) is 4.24. The number of benzene rings is 2. The van der Waals surface area contributed by atoms with Gasteiger partial charge >= 0.3 is 0 Å². The lowest BCUT2D eigenvalue weighted by Gasteiger charge is -2.32. The predicted molar refractivity (Wildman–Crippen MR) is 107 cm³/mol. The zero-order valence-corrected chi connectivity index (χ0v) is 16.6. The third-order valence-corrected chi connectivity index (χ3v) is 6.53. The number of hydrogen-bond donors (Lipinski definition) is 0. The van der Waals surface area contributed by atoms with Crippen LogP contribution in [0.25, 0.3) is 0 Å². The highest BCUT2D eigenvalue weighted by Crippen LogP contribution is 2.32. The fourth-order valence-electron chi connectivity index (χ4n) is 2.75. The summed E-state index contributed by atoms with van der Waals surface area (Å²) in [4.78, 5) is 27.3. The van der Waals surface area contributed by atoms with Crippen molar-refractivity contribution in [3.63, 3.8) is 0 Å². The van der Waals surface area contributed by atoms with E-state index in [9.17, 15) is 9.59 Å². The van der Waals surface area contributed by atoms with Crippen molar-refractivity contribution in [2.24, 2.45) is 0 Å². The maximum absolute atomic E-state index is 12.6. The van der Waals surface area contributed by atoms with E-state index in [0.717, 1.165) is 22.6 Å². The summed E-state index contributed by atoms with van der Waals surface area (Å²) in [7, 11) is 0. The van der Waals surface area contributed by atoms with Crippen molar-refractivity contribution in [1.29, 1.82) is 0 Å². The standard InChI is InChI=1S/C20H22N2O2S2/c1-3-15-9-5-7-11-17(15)25-21-13-20(24)22(14-19(21)23)26-18-12-8-6-10-16(18)4-2/h5-12H,3-4,13-14H2,1-2H3. The second-order valence-corrected chi connectivity index (χ2v) is 8.09. The molecule has 0 aliphatic carbocycles. The Morgan fingerprint density at radius 2 is 1.12 bits per heavy atom. The molecule has 0 N–H and O–H groups in total. The minimum absolute atomic E-state index is 0.0398. The molecule has 6 heteroatoms. The number of aryl methyl sites for hydroxylation is 2. The van der Waals surface area contributed by atoms with Gasteiger partial charge in [-0.15, -0.1) is 0 Å². The topological polar surface area (TPSA) is 40.6 Å². The van der Waals surface area contributed by atoms with Gasteiger partial charge in [0.05, 0.1) is 0 Å². The minimum Gasteiger partial charge on any atom is -0.272 e. The highest BCUT2D eigenvalue weighted by Gasteiger charge is 2.32. The van der Waals surface area contributed by atoms with E-state index in [1.807, 2.05) is 36.4 Å². The molecule has 3 rings (SSSR count). The molecule has 0 spiro atoms. The molecule has 0 radical (unpaired) electrons. The summed E-state index contributed by atoms with van der Waals surface area (Å²) in [6.07, 6.45) is 1.80. The van der Waals surface area contributed by atoms with E-state index in [2.05, 4.69) is 26.0 Å². The molecular weight excluding hydrogens is 364 g/mol. The van der Waals surface area contributed by atoms with E-state index >= 15 is 0 Å². The van der Waals surface area contributed by atoms with Crippen LogP contribution in [0.2, 0.25) is 0 Å². The number of rotatable bonds is 6.